The third-order valence-corrected chi connectivity index (χ3v) is 3.07. The summed E-state index contributed by atoms with van der Waals surface area (Å²) in [5.41, 5.74) is 4.90. The van der Waals surface area contributed by atoms with E-state index >= 15 is 0 Å². The molecule has 0 saturated carbocycles. The molecule has 0 aliphatic carbocycles. The second-order valence-electron chi connectivity index (χ2n) is 3.69. The fraction of sp³-hybridized carbons (Fsp3) is 0.600. The maximum Gasteiger partial charge on any atom is 0.350 e. The Morgan fingerprint density at radius 3 is 2.05 bits per heavy atom. The van der Waals surface area contributed by atoms with Gasteiger partial charge in [-0.3, -0.25) is 4.79 Å². The summed E-state index contributed by atoms with van der Waals surface area (Å²) in [7, 11) is 0. The minimum Gasteiger partial charge on any atom is -0.463 e. The molecule has 2 rings (SSSR count). The Labute approximate surface area is 131 Å². The summed E-state index contributed by atoms with van der Waals surface area (Å²) in [6.07, 6.45) is -0.197. The van der Waals surface area contributed by atoms with E-state index in [1.807, 2.05) is 0 Å². The molecule has 2 aliphatic heterocycles. The van der Waals surface area contributed by atoms with Gasteiger partial charge in [-0.05, 0) is 38.8 Å². The number of ether oxygens (including phenoxy) is 1. The van der Waals surface area contributed by atoms with Crippen LogP contribution in [0, 0.1) is 0 Å². The number of halogens is 2. The molecule has 112 valence electrons. The highest BCUT2D eigenvalue weighted by Gasteiger charge is 2.28. The number of hydrogen-bond acceptors (Lipinski definition) is 7. The smallest absolute Gasteiger partial charge is 0.350 e. The molecule has 0 fully saturated rings. The van der Waals surface area contributed by atoms with E-state index in [-0.39, 0.29) is 5.97 Å². The Bertz CT molecular complexity index is 441. The van der Waals surface area contributed by atoms with Crippen LogP contribution in [0.1, 0.15) is 19.8 Å². The molecule has 0 radical (unpaired) electrons. The number of nitrogens with zero attached hydrogens (tertiary/aromatic N) is 2. The predicted molar refractivity (Wildman–Crippen MR) is 77.5 cm³/mol. The van der Waals surface area contributed by atoms with Crippen molar-refractivity contribution in [2.24, 2.45) is 16.0 Å². The second-order valence-corrected chi connectivity index (χ2v) is 5.52. The molecule has 0 bridgehead atoms. The highest BCUT2D eigenvalue weighted by molar-refractivity contribution is 9.18. The van der Waals surface area contributed by atoms with Gasteiger partial charge in [-0.2, -0.15) is 0 Å². The van der Waals surface area contributed by atoms with Crippen LogP contribution in [0.25, 0.3) is 0 Å². The molecule has 0 spiro atoms. The monoisotopic (exact) mass is 413 g/mol. The standard InChI is InChI=1S/C6H8BrNO3.C4H5BrN2O2/c1-2-10-6(9)4-3-5(7)8-11-4;5-3-1-2(4(6)8)9-7-3/h4H,2-3H2,1H3;2H,1H2,(H2,6,8). The molecule has 0 aromatic carbocycles. The number of carbonyl (C=O) groups excluding carboxylic acids is 2. The molecule has 2 heterocycles. The molecule has 2 N–H and O–H groups in total. The second kappa shape index (κ2) is 8.20. The van der Waals surface area contributed by atoms with Crippen molar-refractivity contribution in [1.82, 2.24) is 0 Å². The highest BCUT2D eigenvalue weighted by Crippen LogP contribution is 2.15. The predicted octanol–water partition coefficient (Wildman–Crippen LogP) is 1.02. The summed E-state index contributed by atoms with van der Waals surface area (Å²) < 4.78 is 6.00. The summed E-state index contributed by atoms with van der Waals surface area (Å²) >= 11 is 6.18. The van der Waals surface area contributed by atoms with Crippen LogP contribution in [-0.2, 0) is 24.0 Å². The van der Waals surface area contributed by atoms with E-state index in [9.17, 15) is 9.59 Å². The minimum atomic E-state index is -0.570. The van der Waals surface area contributed by atoms with Gasteiger partial charge in [0.1, 0.15) is 9.24 Å². The van der Waals surface area contributed by atoms with Crippen LogP contribution in [0.5, 0.6) is 0 Å². The quantitative estimate of drug-likeness (QED) is 0.692. The minimum absolute atomic E-state index is 0.356. The van der Waals surface area contributed by atoms with Gasteiger partial charge in [-0.25, -0.2) is 4.79 Å². The van der Waals surface area contributed by atoms with Crippen molar-refractivity contribution in [2.75, 3.05) is 6.61 Å². The first-order valence-corrected chi connectivity index (χ1v) is 7.25. The number of rotatable bonds is 3. The number of carbonyl (C=O) groups is 2. The Balaban J connectivity index is 0.000000204. The van der Waals surface area contributed by atoms with Crippen molar-refractivity contribution < 1.29 is 24.0 Å². The van der Waals surface area contributed by atoms with E-state index in [0.29, 0.717) is 28.7 Å². The number of nitrogens with two attached hydrogens (primary N) is 1. The van der Waals surface area contributed by atoms with Gasteiger partial charge in [0, 0.05) is 6.42 Å². The van der Waals surface area contributed by atoms with Gasteiger partial charge in [0.15, 0.2) is 0 Å². The summed E-state index contributed by atoms with van der Waals surface area (Å²) in [6.45, 7) is 2.12. The third-order valence-electron chi connectivity index (χ3n) is 2.13. The molecule has 2 aliphatic rings. The molecule has 10 heteroatoms. The molecule has 2 atom stereocenters. The van der Waals surface area contributed by atoms with Crippen LogP contribution in [0.3, 0.4) is 0 Å². The molecule has 8 nitrogen and oxygen atoms in total. The van der Waals surface area contributed by atoms with Crippen molar-refractivity contribution in [3.8, 4) is 0 Å². The van der Waals surface area contributed by atoms with Crippen molar-refractivity contribution in [3.05, 3.63) is 0 Å². The third kappa shape index (κ3) is 5.45. The number of esters is 1. The molecular weight excluding hydrogens is 402 g/mol. The maximum absolute atomic E-state index is 10.9. The molecule has 20 heavy (non-hydrogen) atoms. The fourth-order valence-corrected chi connectivity index (χ4v) is 1.97. The van der Waals surface area contributed by atoms with Crippen molar-refractivity contribution in [2.45, 2.75) is 32.0 Å². The molecular formula is C10H13Br2N3O5. The number of oxime groups is 2. The van der Waals surface area contributed by atoms with Crippen molar-refractivity contribution in [3.63, 3.8) is 0 Å². The lowest BCUT2D eigenvalue weighted by molar-refractivity contribution is -0.154. The number of primary amides is 1. The van der Waals surface area contributed by atoms with Gasteiger partial charge < -0.3 is 20.1 Å². The van der Waals surface area contributed by atoms with Gasteiger partial charge in [-0.15, -0.1) is 0 Å². The van der Waals surface area contributed by atoms with Gasteiger partial charge in [0.25, 0.3) is 5.91 Å². The molecule has 0 aromatic heterocycles. The average Bonchev–Trinajstić information content (AvgIpc) is 2.99. The molecule has 2 unspecified atom stereocenters. The first-order chi connectivity index (χ1) is 9.43. The molecule has 0 saturated heterocycles. The highest BCUT2D eigenvalue weighted by atomic mass is 79.9. The lowest BCUT2D eigenvalue weighted by Crippen LogP contribution is -2.27. The zero-order valence-electron chi connectivity index (χ0n) is 10.5. The number of hydrogen-bond donors (Lipinski definition) is 1. The SMILES string of the molecule is CCOC(=O)C1CC(Br)=NO1.NC(=O)C1CC(Br)=NO1. The van der Waals surface area contributed by atoms with Crippen LogP contribution in [0.2, 0.25) is 0 Å². The number of amides is 1. The average molecular weight is 415 g/mol. The van der Waals surface area contributed by atoms with Crippen molar-refractivity contribution >= 4 is 53.0 Å². The Morgan fingerprint density at radius 1 is 1.25 bits per heavy atom. The van der Waals surface area contributed by atoms with E-state index in [1.165, 1.54) is 0 Å². The Kier molecular flexibility index (Phi) is 6.93. The largest absolute Gasteiger partial charge is 0.463 e. The van der Waals surface area contributed by atoms with Crippen LogP contribution >= 0.6 is 31.9 Å². The lowest BCUT2D eigenvalue weighted by Gasteiger charge is -2.05. The summed E-state index contributed by atoms with van der Waals surface area (Å²) in [6, 6.07) is 0. The van der Waals surface area contributed by atoms with Gasteiger partial charge in [0.05, 0.1) is 13.0 Å². The van der Waals surface area contributed by atoms with E-state index in [1.54, 1.807) is 6.92 Å². The van der Waals surface area contributed by atoms with Gasteiger partial charge >= 0.3 is 5.97 Å². The maximum atomic E-state index is 10.9. The topological polar surface area (TPSA) is 113 Å². The van der Waals surface area contributed by atoms with Crippen LogP contribution in [0.15, 0.2) is 10.3 Å². The van der Waals surface area contributed by atoms with E-state index in [2.05, 4.69) is 47.0 Å². The molecule has 0 aromatic rings. The summed E-state index contributed by atoms with van der Waals surface area (Å²) in [5.74, 6) is -0.834. The molecule has 1 amide bonds. The van der Waals surface area contributed by atoms with Gasteiger partial charge in [-0.1, -0.05) is 10.3 Å². The lowest BCUT2D eigenvalue weighted by atomic mass is 10.3. The fourth-order valence-electron chi connectivity index (χ4n) is 1.21. The van der Waals surface area contributed by atoms with Crippen molar-refractivity contribution in [1.29, 1.82) is 0 Å². The Morgan fingerprint density at radius 2 is 1.75 bits per heavy atom. The van der Waals surface area contributed by atoms with Crippen LogP contribution in [-0.4, -0.2) is 39.9 Å². The first-order valence-electron chi connectivity index (χ1n) is 5.66. The Hall–Kier alpha value is -1.16. The van der Waals surface area contributed by atoms with E-state index in [0.717, 1.165) is 0 Å². The van der Waals surface area contributed by atoms with Crippen LogP contribution < -0.4 is 5.73 Å². The zero-order valence-corrected chi connectivity index (χ0v) is 13.7. The zero-order chi connectivity index (χ0) is 15.1. The first kappa shape index (κ1) is 16.9. The van der Waals surface area contributed by atoms with Crippen LogP contribution in [0.4, 0.5) is 0 Å². The van der Waals surface area contributed by atoms with Gasteiger partial charge in [0.2, 0.25) is 12.2 Å². The van der Waals surface area contributed by atoms with E-state index < -0.39 is 18.1 Å². The summed E-state index contributed by atoms with van der Waals surface area (Å²) in [5, 5.41) is 7.02. The van der Waals surface area contributed by atoms with E-state index in [4.69, 9.17) is 15.3 Å². The normalized spacial score (nSPS) is 23.6. The summed E-state index contributed by atoms with van der Waals surface area (Å²) in [4.78, 5) is 30.6.